The molecule has 276 valence electrons. The van der Waals surface area contributed by atoms with Crippen molar-refractivity contribution in [3.8, 4) is 0 Å². The topological polar surface area (TPSA) is 187 Å². The van der Waals surface area contributed by atoms with Crippen LogP contribution in [0.3, 0.4) is 0 Å². The number of piperidine rings is 1. The van der Waals surface area contributed by atoms with E-state index < -0.39 is 24.3 Å². The van der Waals surface area contributed by atoms with Gasteiger partial charge in [0.1, 0.15) is 5.02 Å². The Morgan fingerprint density at radius 3 is 2.14 bits per heavy atom. The highest BCUT2D eigenvalue weighted by molar-refractivity contribution is 6.32. The van der Waals surface area contributed by atoms with E-state index in [9.17, 15) is 35.9 Å². The zero-order valence-electron chi connectivity index (χ0n) is 26.7. The van der Waals surface area contributed by atoms with Gasteiger partial charge >= 0.3 is 24.3 Å². The summed E-state index contributed by atoms with van der Waals surface area (Å²) in [5, 5.41) is 24.2. The van der Waals surface area contributed by atoms with Gasteiger partial charge in [-0.3, -0.25) is 14.6 Å². The maximum atomic E-state index is 13.0. The van der Waals surface area contributed by atoms with Crippen molar-refractivity contribution < 1.29 is 55.7 Å². The van der Waals surface area contributed by atoms with Crippen LogP contribution in [0.4, 0.5) is 55.2 Å². The van der Waals surface area contributed by atoms with Gasteiger partial charge in [-0.1, -0.05) is 18.5 Å². The third-order valence-electron chi connectivity index (χ3n) is 7.35. The third kappa shape index (κ3) is 12.9. The lowest BCUT2D eigenvalue weighted by Crippen LogP contribution is -2.38. The van der Waals surface area contributed by atoms with Gasteiger partial charge in [0, 0.05) is 43.5 Å². The van der Waals surface area contributed by atoms with E-state index in [0.717, 1.165) is 60.5 Å². The minimum atomic E-state index is -5.08. The summed E-state index contributed by atoms with van der Waals surface area (Å²) in [6, 6.07) is 7.86. The maximum absolute atomic E-state index is 13.0. The number of pyridine rings is 1. The second-order valence-electron chi connectivity index (χ2n) is 11.1. The molecule has 2 amide bonds. The second-order valence-corrected chi connectivity index (χ2v) is 11.5. The van der Waals surface area contributed by atoms with Crippen LogP contribution in [0.15, 0.2) is 42.9 Å². The monoisotopic (exact) mass is 747 g/mol. The van der Waals surface area contributed by atoms with Gasteiger partial charge in [-0.15, -0.1) is 0 Å². The van der Waals surface area contributed by atoms with Crippen LogP contribution in [-0.4, -0.2) is 79.3 Å². The average Bonchev–Trinajstić information content (AvgIpc) is 3.06. The van der Waals surface area contributed by atoms with E-state index in [0.29, 0.717) is 36.1 Å². The number of amides is 2. The summed E-state index contributed by atoms with van der Waals surface area (Å²) in [7, 11) is 0. The molecule has 3 aromatic rings. The highest BCUT2D eigenvalue weighted by atomic mass is 35.5. The Kier molecular flexibility index (Phi) is 13.9. The summed E-state index contributed by atoms with van der Waals surface area (Å²) >= 11 is 6.35. The van der Waals surface area contributed by atoms with E-state index in [4.69, 9.17) is 31.4 Å². The average molecular weight is 748 g/mol. The van der Waals surface area contributed by atoms with Gasteiger partial charge in [-0.25, -0.2) is 14.6 Å². The van der Waals surface area contributed by atoms with Gasteiger partial charge in [0.2, 0.25) is 17.8 Å². The van der Waals surface area contributed by atoms with Crippen molar-refractivity contribution in [3.05, 3.63) is 59.0 Å². The Morgan fingerprint density at radius 1 is 0.922 bits per heavy atom. The number of carbonyl (C=O) groups excluding carboxylic acids is 2. The molecule has 13 nitrogen and oxygen atoms in total. The number of carboxylic acid groups (broad SMARTS) is 2. The first-order chi connectivity index (χ1) is 23.8. The van der Waals surface area contributed by atoms with Crippen LogP contribution < -0.4 is 16.0 Å². The summed E-state index contributed by atoms with van der Waals surface area (Å²) in [6.45, 7) is 3.34. The van der Waals surface area contributed by atoms with E-state index in [1.807, 2.05) is 42.3 Å². The number of halogens is 7. The predicted molar refractivity (Wildman–Crippen MR) is 172 cm³/mol. The molecule has 5 rings (SSSR count). The number of benzene rings is 1. The summed E-state index contributed by atoms with van der Waals surface area (Å²) < 4.78 is 63.5. The minimum absolute atomic E-state index is 0.00325. The first-order valence-electron chi connectivity index (χ1n) is 15.2. The van der Waals surface area contributed by atoms with Crippen molar-refractivity contribution in [1.29, 1.82) is 0 Å². The molecule has 0 saturated carbocycles. The molecule has 51 heavy (non-hydrogen) atoms. The van der Waals surface area contributed by atoms with Gasteiger partial charge in [-0.2, -0.15) is 31.3 Å². The number of hydrogen-bond donors (Lipinski definition) is 5. The number of nitrogens with one attached hydrogen (secondary N) is 3. The van der Waals surface area contributed by atoms with E-state index in [1.165, 1.54) is 0 Å². The fourth-order valence-electron chi connectivity index (χ4n) is 4.83. The standard InChI is InChI=1S/C27H30ClN7O2.2C2HF3O2/c1-2-25(37)35-9-7-17(8-10-35)12-24(36)33-23-6-5-20-13-19(23)4-3-18-11-21(15-29-14-18)32-27-30-16-22(28)26(31-20)34-27;2*3-2(4,5)1(6)7/h5-6,11,13-17H,2-4,7-10,12H2,1H3,(H,33,36)(H2,30,31,32,34);2*(H,6,7). The van der Waals surface area contributed by atoms with Crippen molar-refractivity contribution in [3.63, 3.8) is 0 Å². The lowest BCUT2D eigenvalue weighted by Gasteiger charge is -2.31. The Labute approximate surface area is 291 Å². The van der Waals surface area contributed by atoms with Crippen molar-refractivity contribution >= 4 is 64.2 Å². The predicted octanol–water partition coefficient (Wildman–Crippen LogP) is 6.35. The van der Waals surface area contributed by atoms with Gasteiger partial charge < -0.3 is 31.1 Å². The van der Waals surface area contributed by atoms with E-state index in [2.05, 4.69) is 30.9 Å². The molecular weight excluding hydrogens is 716 g/mol. The summed E-state index contributed by atoms with van der Waals surface area (Å²) in [5.41, 5.74) is 4.46. The van der Waals surface area contributed by atoms with E-state index >= 15 is 0 Å². The number of anilines is 5. The minimum Gasteiger partial charge on any atom is -0.475 e. The largest absolute Gasteiger partial charge is 0.490 e. The molecule has 0 spiro atoms. The van der Waals surface area contributed by atoms with Crippen molar-refractivity contribution in [1.82, 2.24) is 19.9 Å². The Hall–Kier alpha value is -5.20. The van der Waals surface area contributed by atoms with Crippen LogP contribution in [-0.2, 0) is 32.0 Å². The maximum Gasteiger partial charge on any atom is 0.490 e. The zero-order valence-corrected chi connectivity index (χ0v) is 27.5. The van der Waals surface area contributed by atoms with Gasteiger partial charge in [0.15, 0.2) is 5.82 Å². The molecular formula is C31H32ClF6N7O6. The number of hydrogen-bond acceptors (Lipinski definition) is 9. The molecule has 0 aliphatic carbocycles. The molecule has 2 aromatic heterocycles. The first-order valence-corrected chi connectivity index (χ1v) is 15.5. The highest BCUT2D eigenvalue weighted by Crippen LogP contribution is 2.30. The molecule has 1 fully saturated rings. The zero-order chi connectivity index (χ0) is 37.9. The molecule has 1 aromatic carbocycles. The molecule has 20 heteroatoms. The molecule has 2 aliphatic rings. The Morgan fingerprint density at radius 2 is 1.55 bits per heavy atom. The normalized spacial score (nSPS) is 14.2. The third-order valence-corrected chi connectivity index (χ3v) is 7.63. The van der Waals surface area contributed by atoms with Crippen LogP contribution in [0.1, 0.15) is 43.7 Å². The molecule has 0 atom stereocenters. The SMILES string of the molecule is CCC(=O)N1CCC(CC(=O)Nc2ccc3cc2CCc2cncc(c2)Nc2ncc(Cl)c(n2)N3)CC1.O=C(O)C(F)(F)F.O=C(O)C(F)(F)F. The second kappa shape index (κ2) is 17.6. The number of aliphatic carboxylic acids is 2. The summed E-state index contributed by atoms with van der Waals surface area (Å²) in [4.78, 5) is 57.8. The number of fused-ring (bicyclic) bond motifs is 6. The van der Waals surface area contributed by atoms with Crippen LogP contribution in [0, 0.1) is 5.92 Å². The fraction of sp³-hybridized carbons (Fsp3) is 0.387. The number of carbonyl (C=O) groups is 4. The lowest BCUT2D eigenvalue weighted by atomic mass is 9.93. The van der Waals surface area contributed by atoms with E-state index in [-0.39, 0.29) is 17.7 Å². The molecule has 5 N–H and O–H groups in total. The summed E-state index contributed by atoms with van der Waals surface area (Å²) in [5.74, 6) is -4.15. The lowest BCUT2D eigenvalue weighted by molar-refractivity contribution is -0.193. The molecule has 6 bridgehead atoms. The molecule has 1 saturated heterocycles. The highest BCUT2D eigenvalue weighted by Gasteiger charge is 2.39. The Balaban J connectivity index is 0.000000424. The number of aromatic nitrogens is 3. The van der Waals surface area contributed by atoms with Crippen molar-refractivity contribution in [2.45, 2.75) is 57.8 Å². The molecule has 4 heterocycles. The number of rotatable bonds is 4. The molecule has 0 unspecified atom stereocenters. The molecule has 0 radical (unpaired) electrons. The van der Waals surface area contributed by atoms with Crippen LogP contribution in [0.25, 0.3) is 0 Å². The van der Waals surface area contributed by atoms with Gasteiger partial charge in [0.25, 0.3) is 0 Å². The number of likely N-dealkylation sites (tertiary alicyclic amines) is 1. The van der Waals surface area contributed by atoms with Gasteiger partial charge in [0.05, 0.1) is 18.1 Å². The van der Waals surface area contributed by atoms with Crippen LogP contribution in [0.2, 0.25) is 5.02 Å². The fourth-order valence-corrected chi connectivity index (χ4v) is 4.96. The smallest absolute Gasteiger partial charge is 0.475 e. The van der Waals surface area contributed by atoms with Crippen molar-refractivity contribution in [2.24, 2.45) is 5.92 Å². The number of carboxylic acids is 2. The summed E-state index contributed by atoms with van der Waals surface area (Å²) in [6.07, 6.45) is -0.902. The van der Waals surface area contributed by atoms with E-state index in [1.54, 1.807) is 12.4 Å². The Bertz CT molecular complexity index is 1690. The van der Waals surface area contributed by atoms with Crippen LogP contribution in [0.5, 0.6) is 0 Å². The first kappa shape index (κ1) is 40.2. The van der Waals surface area contributed by atoms with Crippen LogP contribution >= 0.6 is 11.6 Å². The van der Waals surface area contributed by atoms with Gasteiger partial charge in [-0.05, 0) is 67.0 Å². The van der Waals surface area contributed by atoms with Crippen molar-refractivity contribution in [2.75, 3.05) is 29.0 Å². The number of alkyl halides is 6. The quantitative estimate of drug-likeness (QED) is 0.187. The molecule has 2 aliphatic heterocycles. The number of aryl methyl sites for hydroxylation is 2. The number of nitrogens with zero attached hydrogens (tertiary/aromatic N) is 4.